The second kappa shape index (κ2) is 12.6. The molecule has 5 atom stereocenters. The summed E-state index contributed by atoms with van der Waals surface area (Å²) in [4.78, 5) is 25.5. The number of fused-ring (bicyclic) bond motifs is 1. The maximum Gasteiger partial charge on any atom is 0.459 e. The number of aliphatic hydroxyl groups is 1. The summed E-state index contributed by atoms with van der Waals surface area (Å²) >= 11 is 6.20. The van der Waals surface area contributed by atoms with Crippen LogP contribution >= 0.6 is 19.3 Å². The zero-order valence-corrected chi connectivity index (χ0v) is 23.9. The predicted molar refractivity (Wildman–Crippen MR) is 149 cm³/mol. The third-order valence-electron chi connectivity index (χ3n) is 6.31. The highest BCUT2D eigenvalue weighted by molar-refractivity contribution is 7.52. The Hall–Kier alpha value is -3.38. The van der Waals surface area contributed by atoms with Gasteiger partial charge in [-0.1, -0.05) is 60.1 Å². The number of carbonyl (C=O) groups excluding carboxylic acids is 1. The fourth-order valence-electron chi connectivity index (χ4n) is 4.26. The third-order valence-corrected chi connectivity index (χ3v) is 8.22. The number of rotatable bonds is 11. The maximum absolute atomic E-state index is 13.8. The highest BCUT2D eigenvalue weighted by Crippen LogP contribution is 2.46. The van der Waals surface area contributed by atoms with E-state index in [-0.39, 0.29) is 30.5 Å². The molecule has 216 valence electrons. The number of aromatic nitrogens is 4. The van der Waals surface area contributed by atoms with Gasteiger partial charge < -0.3 is 19.1 Å². The van der Waals surface area contributed by atoms with Gasteiger partial charge in [0.05, 0.1) is 19.0 Å². The molecule has 2 N–H and O–H groups in total. The lowest BCUT2D eigenvalue weighted by atomic mass is 10.2. The van der Waals surface area contributed by atoms with Crippen molar-refractivity contribution in [3.63, 3.8) is 0 Å². The number of nitrogens with one attached hydrogen (secondary N) is 1. The summed E-state index contributed by atoms with van der Waals surface area (Å²) in [6.07, 6.45) is -0.762. The lowest BCUT2D eigenvalue weighted by Gasteiger charge is -2.24. The zero-order chi connectivity index (χ0) is 29.0. The molecule has 2 aromatic heterocycles. The molecular formula is C27H29ClN5O7P. The van der Waals surface area contributed by atoms with E-state index >= 15 is 0 Å². The molecular weight excluding hydrogens is 573 g/mol. The van der Waals surface area contributed by atoms with Gasteiger partial charge in [-0.15, -0.1) is 0 Å². The van der Waals surface area contributed by atoms with Crippen LogP contribution in [0.5, 0.6) is 5.75 Å². The first-order valence-electron chi connectivity index (χ1n) is 12.9. The molecule has 3 heterocycles. The van der Waals surface area contributed by atoms with E-state index in [1.807, 2.05) is 30.3 Å². The second-order valence-corrected chi connectivity index (χ2v) is 11.5. The lowest BCUT2D eigenvalue weighted by molar-refractivity contribution is -0.146. The first kappa shape index (κ1) is 29.1. The summed E-state index contributed by atoms with van der Waals surface area (Å²) in [7, 11) is -4.16. The monoisotopic (exact) mass is 601 g/mol. The molecule has 4 aromatic rings. The normalized spacial score (nSPS) is 20.9. The molecule has 2 aromatic carbocycles. The largest absolute Gasteiger partial charge is 0.460 e. The van der Waals surface area contributed by atoms with Crippen molar-refractivity contribution in [1.82, 2.24) is 24.6 Å². The summed E-state index contributed by atoms with van der Waals surface area (Å²) in [5, 5.41) is 13.6. The van der Waals surface area contributed by atoms with Crippen LogP contribution in [-0.4, -0.2) is 55.5 Å². The smallest absolute Gasteiger partial charge is 0.459 e. The predicted octanol–water partition coefficient (Wildman–Crippen LogP) is 4.36. The van der Waals surface area contributed by atoms with Gasteiger partial charge in [0.25, 0.3) is 0 Å². The molecule has 0 spiro atoms. The van der Waals surface area contributed by atoms with Gasteiger partial charge in [0.1, 0.15) is 42.1 Å². The minimum absolute atomic E-state index is 0.0540. The van der Waals surface area contributed by atoms with Crippen LogP contribution in [0.15, 0.2) is 67.0 Å². The van der Waals surface area contributed by atoms with Gasteiger partial charge in [0.2, 0.25) is 0 Å². The van der Waals surface area contributed by atoms with Crippen molar-refractivity contribution < 1.29 is 33.0 Å². The van der Waals surface area contributed by atoms with E-state index < -0.39 is 38.2 Å². The maximum atomic E-state index is 13.8. The summed E-state index contributed by atoms with van der Waals surface area (Å²) < 4.78 is 38.3. The number of esters is 1. The van der Waals surface area contributed by atoms with Gasteiger partial charge in [-0.25, -0.2) is 19.5 Å². The highest BCUT2D eigenvalue weighted by Gasteiger charge is 2.40. The Labute approximate surface area is 241 Å². The quantitative estimate of drug-likeness (QED) is 0.143. The number of imidazole rings is 1. The van der Waals surface area contributed by atoms with Crippen LogP contribution in [-0.2, 0) is 30.0 Å². The van der Waals surface area contributed by atoms with Gasteiger partial charge in [0, 0.05) is 6.42 Å². The third kappa shape index (κ3) is 7.10. The van der Waals surface area contributed by atoms with Crippen molar-refractivity contribution in [2.75, 3.05) is 6.61 Å². The summed E-state index contributed by atoms with van der Waals surface area (Å²) in [6.45, 7) is 2.95. The van der Waals surface area contributed by atoms with Gasteiger partial charge in [0.15, 0.2) is 10.8 Å². The van der Waals surface area contributed by atoms with Crippen LogP contribution in [0.2, 0.25) is 5.15 Å². The van der Waals surface area contributed by atoms with Crippen molar-refractivity contribution in [1.29, 1.82) is 0 Å². The number of nitrogens with zero attached hydrogens (tertiary/aromatic N) is 4. The Morgan fingerprint density at radius 2 is 1.90 bits per heavy atom. The van der Waals surface area contributed by atoms with E-state index in [2.05, 4.69) is 20.0 Å². The Kier molecular flexibility index (Phi) is 8.98. The molecule has 0 bridgehead atoms. The number of benzene rings is 2. The van der Waals surface area contributed by atoms with Crippen LogP contribution in [0, 0.1) is 6.92 Å². The van der Waals surface area contributed by atoms with E-state index in [1.165, 1.54) is 13.3 Å². The molecule has 41 heavy (non-hydrogen) atoms. The second-order valence-electron chi connectivity index (χ2n) is 9.46. The van der Waals surface area contributed by atoms with E-state index in [9.17, 15) is 14.5 Å². The number of halogens is 1. The van der Waals surface area contributed by atoms with Gasteiger partial charge >= 0.3 is 13.7 Å². The molecule has 0 amide bonds. The molecule has 0 radical (unpaired) electrons. The minimum atomic E-state index is -4.16. The first-order valence-corrected chi connectivity index (χ1v) is 14.8. The van der Waals surface area contributed by atoms with Crippen molar-refractivity contribution >= 4 is 36.5 Å². The first-order chi connectivity index (χ1) is 19.7. The Bertz CT molecular complexity index is 1540. The van der Waals surface area contributed by atoms with Crippen molar-refractivity contribution in [3.05, 3.63) is 83.5 Å². The van der Waals surface area contributed by atoms with Crippen LogP contribution in [0.1, 0.15) is 31.0 Å². The van der Waals surface area contributed by atoms with Crippen molar-refractivity contribution in [2.24, 2.45) is 0 Å². The Morgan fingerprint density at radius 3 is 2.63 bits per heavy atom. The van der Waals surface area contributed by atoms with E-state index in [1.54, 1.807) is 41.8 Å². The number of ether oxygens (including phenoxy) is 2. The SMILES string of the molecule is Cc1nc(Cl)c2ncn(C3CC(O)C(COP(=O)(N[C@H](C)C(=O)OCc4ccccc4)Oc4ccccc4)O3)c2n1. The molecule has 0 aliphatic carbocycles. The number of aryl methyl sites for hydroxylation is 1. The van der Waals surface area contributed by atoms with Crippen molar-refractivity contribution in [2.45, 2.75) is 51.4 Å². The molecule has 5 rings (SSSR count). The molecule has 1 saturated heterocycles. The van der Waals surface area contributed by atoms with E-state index in [0.29, 0.717) is 17.0 Å². The van der Waals surface area contributed by atoms with Crippen LogP contribution in [0.4, 0.5) is 0 Å². The standard InChI is InChI=1S/C27H29ClN5O7P/c1-17(27(35)37-14-19-9-5-3-6-10-19)32-41(36,40-20-11-7-4-8-12-20)38-15-22-21(34)13-23(39-22)33-16-29-24-25(28)30-18(2)31-26(24)33/h3-12,16-17,21-23,34H,13-15H2,1-2H3,(H,32,36)/t17-,21?,22?,23?,41?/m1/s1. The Morgan fingerprint density at radius 1 is 1.20 bits per heavy atom. The van der Waals surface area contributed by atoms with E-state index in [4.69, 9.17) is 30.1 Å². The number of para-hydroxylation sites is 1. The molecule has 4 unspecified atom stereocenters. The number of hydrogen-bond acceptors (Lipinski definition) is 10. The van der Waals surface area contributed by atoms with Crippen LogP contribution in [0.25, 0.3) is 11.2 Å². The topological polar surface area (TPSA) is 147 Å². The number of aliphatic hydroxyl groups excluding tert-OH is 1. The molecule has 1 aliphatic rings. The van der Waals surface area contributed by atoms with Crippen molar-refractivity contribution in [3.8, 4) is 5.75 Å². The van der Waals surface area contributed by atoms with Gasteiger partial charge in [-0.2, -0.15) is 5.09 Å². The fourth-order valence-corrected chi connectivity index (χ4v) is 6.01. The van der Waals surface area contributed by atoms with Gasteiger partial charge in [-0.05, 0) is 31.5 Å². The molecule has 1 fully saturated rings. The van der Waals surface area contributed by atoms with Crippen LogP contribution in [0.3, 0.4) is 0 Å². The average molecular weight is 602 g/mol. The van der Waals surface area contributed by atoms with Gasteiger partial charge in [-0.3, -0.25) is 13.9 Å². The summed E-state index contributed by atoms with van der Waals surface area (Å²) in [6, 6.07) is 16.5. The summed E-state index contributed by atoms with van der Waals surface area (Å²) in [5.74, 6) is 0.0782. The molecule has 12 nitrogen and oxygen atoms in total. The molecule has 14 heteroatoms. The number of carbonyl (C=O) groups is 1. The van der Waals surface area contributed by atoms with Crippen LogP contribution < -0.4 is 9.61 Å². The molecule has 1 aliphatic heterocycles. The van der Waals surface area contributed by atoms with E-state index in [0.717, 1.165) is 5.56 Å². The molecule has 0 saturated carbocycles. The highest BCUT2D eigenvalue weighted by atomic mass is 35.5. The Balaban J connectivity index is 1.26. The lowest BCUT2D eigenvalue weighted by Crippen LogP contribution is -2.36. The summed E-state index contributed by atoms with van der Waals surface area (Å²) in [5.41, 5.74) is 1.68. The average Bonchev–Trinajstić information content (AvgIpc) is 3.54. The fraction of sp³-hybridized carbons (Fsp3) is 0.333. The number of hydrogen-bond donors (Lipinski definition) is 2. The zero-order valence-electron chi connectivity index (χ0n) is 22.3. The minimum Gasteiger partial charge on any atom is -0.460 e.